The quantitative estimate of drug-likeness (QED) is 0.497. The van der Waals surface area contributed by atoms with Gasteiger partial charge in [0.15, 0.2) is 11.5 Å². The summed E-state index contributed by atoms with van der Waals surface area (Å²) in [5.41, 5.74) is 0.416. The summed E-state index contributed by atoms with van der Waals surface area (Å²) >= 11 is 0. The molecule has 180 valence electrons. The van der Waals surface area contributed by atoms with Crippen molar-refractivity contribution < 1.29 is 38.7 Å². The Morgan fingerprint density at radius 2 is 1.94 bits per heavy atom. The number of amides is 1. The van der Waals surface area contributed by atoms with Gasteiger partial charge in [0.1, 0.15) is 24.1 Å². The first-order valence-electron chi connectivity index (χ1n) is 10.6. The van der Waals surface area contributed by atoms with Gasteiger partial charge in [-0.3, -0.25) is 4.79 Å². The summed E-state index contributed by atoms with van der Waals surface area (Å²) in [6.45, 7) is 5.10. The standard InChI is InChI=1S/C24H30FNO7/c1-13(27)26-11-10-14-8-9-17(19(28)18(14)15-6-5-7-16(25)12-15)32-23-21(30)20(29)22(31-4)24(2,3)33-23/h5-9,12,20-23,28-30H,10-11H2,1-4H3,(H,26,27). The average Bonchev–Trinajstić information content (AvgIpc) is 2.73. The molecule has 8 nitrogen and oxygen atoms in total. The third-order valence-electron chi connectivity index (χ3n) is 5.65. The molecule has 1 fully saturated rings. The van der Waals surface area contributed by atoms with Crippen LogP contribution in [-0.2, 0) is 20.7 Å². The molecular formula is C24H30FNO7. The fraction of sp³-hybridized carbons (Fsp3) is 0.458. The molecule has 1 amide bonds. The topological polar surface area (TPSA) is 117 Å². The van der Waals surface area contributed by atoms with Gasteiger partial charge in [0.25, 0.3) is 0 Å². The molecule has 1 saturated heterocycles. The lowest BCUT2D eigenvalue weighted by atomic mass is 9.89. The molecule has 1 aliphatic rings. The Labute approximate surface area is 191 Å². The van der Waals surface area contributed by atoms with Gasteiger partial charge in [-0.15, -0.1) is 0 Å². The van der Waals surface area contributed by atoms with E-state index in [9.17, 15) is 24.5 Å². The molecule has 3 rings (SSSR count). The van der Waals surface area contributed by atoms with Gasteiger partial charge in [0.05, 0.1) is 5.60 Å². The number of halogens is 1. The fourth-order valence-electron chi connectivity index (χ4n) is 4.09. The van der Waals surface area contributed by atoms with Crippen LogP contribution in [0.4, 0.5) is 4.39 Å². The van der Waals surface area contributed by atoms with E-state index in [0.29, 0.717) is 29.7 Å². The van der Waals surface area contributed by atoms with Gasteiger partial charge in [-0.1, -0.05) is 18.2 Å². The largest absolute Gasteiger partial charge is 0.504 e. The first-order chi connectivity index (χ1) is 15.5. The zero-order chi connectivity index (χ0) is 24.3. The number of phenols is 1. The van der Waals surface area contributed by atoms with Crippen LogP contribution in [0.15, 0.2) is 36.4 Å². The Balaban J connectivity index is 1.96. The first-order valence-corrected chi connectivity index (χ1v) is 10.6. The molecule has 0 spiro atoms. The van der Waals surface area contributed by atoms with Crippen LogP contribution in [0.25, 0.3) is 11.1 Å². The molecule has 2 aromatic carbocycles. The second kappa shape index (κ2) is 10.0. The molecule has 33 heavy (non-hydrogen) atoms. The molecule has 0 aliphatic carbocycles. The zero-order valence-electron chi connectivity index (χ0n) is 19.0. The van der Waals surface area contributed by atoms with Gasteiger partial charge in [-0.2, -0.15) is 0 Å². The molecule has 2 aromatic rings. The van der Waals surface area contributed by atoms with E-state index in [2.05, 4.69) is 5.32 Å². The highest BCUT2D eigenvalue weighted by atomic mass is 19.1. The van der Waals surface area contributed by atoms with E-state index in [1.165, 1.54) is 38.3 Å². The van der Waals surface area contributed by atoms with Crippen LogP contribution in [0, 0.1) is 5.82 Å². The number of hydrogen-bond acceptors (Lipinski definition) is 7. The lowest BCUT2D eigenvalue weighted by Crippen LogP contribution is -2.63. The van der Waals surface area contributed by atoms with Crippen molar-refractivity contribution in [2.24, 2.45) is 0 Å². The summed E-state index contributed by atoms with van der Waals surface area (Å²) in [5.74, 6) is -0.962. The SMILES string of the molecule is COC1C(O)C(O)C(Oc2ccc(CCNC(C)=O)c(-c3cccc(F)c3)c2O)OC1(C)C. The Morgan fingerprint density at radius 1 is 1.21 bits per heavy atom. The molecule has 0 saturated carbocycles. The number of aliphatic hydroxyl groups excluding tert-OH is 2. The van der Waals surface area contributed by atoms with Crippen LogP contribution >= 0.6 is 0 Å². The van der Waals surface area contributed by atoms with Crippen molar-refractivity contribution in [1.82, 2.24) is 5.32 Å². The number of methoxy groups -OCH3 is 1. The lowest BCUT2D eigenvalue weighted by molar-refractivity contribution is -0.306. The van der Waals surface area contributed by atoms with Crippen molar-refractivity contribution in [1.29, 1.82) is 0 Å². The van der Waals surface area contributed by atoms with Crippen molar-refractivity contribution >= 4 is 5.91 Å². The third kappa shape index (κ3) is 5.44. The number of ether oxygens (including phenoxy) is 3. The molecule has 0 aromatic heterocycles. The summed E-state index contributed by atoms with van der Waals surface area (Å²) < 4.78 is 30.8. The van der Waals surface area contributed by atoms with E-state index in [1.54, 1.807) is 26.0 Å². The highest BCUT2D eigenvalue weighted by Gasteiger charge is 2.50. The Kier molecular flexibility index (Phi) is 7.58. The van der Waals surface area contributed by atoms with Crippen LogP contribution in [0.1, 0.15) is 26.3 Å². The Morgan fingerprint density at radius 3 is 2.58 bits per heavy atom. The number of phenolic OH excluding ortho intramolecular Hbond substituents is 1. The number of rotatable bonds is 7. The molecule has 9 heteroatoms. The number of carbonyl (C=O) groups is 1. The number of carbonyl (C=O) groups excluding carboxylic acids is 1. The summed E-state index contributed by atoms with van der Waals surface area (Å²) in [6, 6.07) is 8.92. The molecule has 0 radical (unpaired) electrons. The maximum Gasteiger partial charge on any atom is 0.229 e. The number of benzene rings is 2. The van der Waals surface area contributed by atoms with Gasteiger partial charge in [-0.05, 0) is 49.6 Å². The van der Waals surface area contributed by atoms with Gasteiger partial charge in [-0.25, -0.2) is 4.39 Å². The molecule has 4 unspecified atom stereocenters. The normalized spacial score (nSPS) is 24.3. The number of aromatic hydroxyl groups is 1. The predicted molar refractivity (Wildman–Crippen MR) is 118 cm³/mol. The second-order valence-electron chi connectivity index (χ2n) is 8.53. The average molecular weight is 464 g/mol. The summed E-state index contributed by atoms with van der Waals surface area (Å²) in [5, 5.41) is 34.8. The fourth-order valence-corrected chi connectivity index (χ4v) is 4.09. The van der Waals surface area contributed by atoms with Gasteiger partial charge in [0, 0.05) is 26.1 Å². The van der Waals surface area contributed by atoms with E-state index < -0.39 is 36.0 Å². The van der Waals surface area contributed by atoms with Crippen molar-refractivity contribution in [3.8, 4) is 22.6 Å². The van der Waals surface area contributed by atoms with Crippen molar-refractivity contribution in [3.63, 3.8) is 0 Å². The van der Waals surface area contributed by atoms with Crippen molar-refractivity contribution in [3.05, 3.63) is 47.8 Å². The van der Waals surface area contributed by atoms with Gasteiger partial charge >= 0.3 is 0 Å². The van der Waals surface area contributed by atoms with E-state index >= 15 is 0 Å². The summed E-state index contributed by atoms with van der Waals surface area (Å²) in [6.07, 6.45) is -4.44. The van der Waals surface area contributed by atoms with E-state index in [4.69, 9.17) is 14.2 Å². The lowest BCUT2D eigenvalue weighted by Gasteiger charge is -2.46. The third-order valence-corrected chi connectivity index (χ3v) is 5.65. The highest BCUT2D eigenvalue weighted by molar-refractivity contribution is 5.77. The Bertz CT molecular complexity index is 997. The Hall–Kier alpha value is -2.72. The van der Waals surface area contributed by atoms with Crippen LogP contribution < -0.4 is 10.1 Å². The van der Waals surface area contributed by atoms with Crippen LogP contribution in [0.3, 0.4) is 0 Å². The van der Waals surface area contributed by atoms with Crippen LogP contribution in [-0.4, -0.2) is 65.1 Å². The first kappa shape index (κ1) is 24.9. The minimum atomic E-state index is -1.44. The molecular weight excluding hydrogens is 433 g/mol. The van der Waals surface area contributed by atoms with Gasteiger partial charge in [0.2, 0.25) is 12.2 Å². The zero-order valence-corrected chi connectivity index (χ0v) is 19.0. The number of nitrogens with one attached hydrogen (secondary N) is 1. The molecule has 0 bridgehead atoms. The van der Waals surface area contributed by atoms with E-state index in [-0.39, 0.29) is 17.4 Å². The molecule has 1 heterocycles. The minimum absolute atomic E-state index is 0.0135. The molecule has 4 N–H and O–H groups in total. The van der Waals surface area contributed by atoms with Crippen LogP contribution in [0.5, 0.6) is 11.5 Å². The summed E-state index contributed by atoms with van der Waals surface area (Å²) in [7, 11) is 1.41. The summed E-state index contributed by atoms with van der Waals surface area (Å²) in [4.78, 5) is 11.2. The number of aliphatic hydroxyl groups is 2. The molecule has 1 aliphatic heterocycles. The smallest absolute Gasteiger partial charge is 0.229 e. The second-order valence-corrected chi connectivity index (χ2v) is 8.53. The predicted octanol–water partition coefficient (Wildman–Crippen LogP) is 2.13. The number of hydrogen-bond donors (Lipinski definition) is 4. The highest BCUT2D eigenvalue weighted by Crippen LogP contribution is 2.42. The monoisotopic (exact) mass is 463 g/mol. The molecule has 4 atom stereocenters. The van der Waals surface area contributed by atoms with Crippen molar-refractivity contribution in [2.45, 2.75) is 57.4 Å². The maximum absolute atomic E-state index is 13.9. The minimum Gasteiger partial charge on any atom is -0.504 e. The van der Waals surface area contributed by atoms with Crippen LogP contribution in [0.2, 0.25) is 0 Å². The van der Waals surface area contributed by atoms with Gasteiger partial charge < -0.3 is 34.8 Å². The maximum atomic E-state index is 13.9. The van der Waals surface area contributed by atoms with E-state index in [0.717, 1.165) is 0 Å². The van der Waals surface area contributed by atoms with E-state index in [1.807, 2.05) is 0 Å². The van der Waals surface area contributed by atoms with Crippen molar-refractivity contribution in [2.75, 3.05) is 13.7 Å².